The molecule has 5 rings (SSSR count). The Kier molecular flexibility index (Phi) is 6.08. The number of amidine groups is 2. The Hall–Kier alpha value is -3.62. The van der Waals surface area contributed by atoms with Crippen LogP contribution in [0.25, 0.3) is 6.08 Å². The van der Waals surface area contributed by atoms with Crippen LogP contribution in [0.1, 0.15) is 16.7 Å². The Labute approximate surface area is 205 Å². The van der Waals surface area contributed by atoms with Gasteiger partial charge in [-0.3, -0.25) is 10.2 Å². The first-order valence-electron chi connectivity index (χ1n) is 10.6. The SMILES string of the molecule is Cc1cccc(C2=NN3C(=N)C(=Cc4ccn(CCOc5ccccc5Cl)c4)C(=O)N=C3S2)c1. The Morgan fingerprint density at radius 3 is 2.85 bits per heavy atom. The number of amides is 1. The van der Waals surface area contributed by atoms with Crippen LogP contribution in [0.5, 0.6) is 5.75 Å². The standard InChI is InChI=1S/C25H20ClN5O2S/c1-16-5-4-6-18(13-16)24-29-31-22(27)19(23(32)28-25(31)34-24)14-17-9-10-30(15-17)11-12-33-21-8-3-2-7-20(21)26/h2-10,13-15,27H,11-12H2,1H3. The van der Waals surface area contributed by atoms with Crippen molar-refractivity contribution >= 4 is 51.4 Å². The van der Waals surface area contributed by atoms with E-state index in [1.165, 1.54) is 16.8 Å². The van der Waals surface area contributed by atoms with Crippen LogP contribution in [0.4, 0.5) is 0 Å². The highest BCUT2D eigenvalue weighted by molar-refractivity contribution is 8.27. The summed E-state index contributed by atoms with van der Waals surface area (Å²) in [5, 5.41) is 16.2. The van der Waals surface area contributed by atoms with Crippen LogP contribution in [-0.4, -0.2) is 38.1 Å². The quantitative estimate of drug-likeness (QED) is 0.482. The summed E-state index contributed by atoms with van der Waals surface area (Å²) in [6.07, 6.45) is 5.46. The van der Waals surface area contributed by atoms with Crippen molar-refractivity contribution in [2.45, 2.75) is 13.5 Å². The zero-order valence-electron chi connectivity index (χ0n) is 18.2. The molecule has 2 aliphatic rings. The molecule has 1 amide bonds. The van der Waals surface area contributed by atoms with Crippen molar-refractivity contribution in [2.24, 2.45) is 10.1 Å². The zero-order valence-corrected chi connectivity index (χ0v) is 19.8. The zero-order chi connectivity index (χ0) is 23.7. The van der Waals surface area contributed by atoms with E-state index < -0.39 is 5.91 Å². The van der Waals surface area contributed by atoms with Crippen LogP contribution >= 0.6 is 23.4 Å². The third-order valence-corrected chi connectivity index (χ3v) is 6.52. The van der Waals surface area contributed by atoms with Crippen LogP contribution in [0, 0.1) is 12.3 Å². The number of hydrogen-bond donors (Lipinski definition) is 1. The molecule has 1 N–H and O–H groups in total. The van der Waals surface area contributed by atoms with Crippen LogP contribution < -0.4 is 4.74 Å². The third-order valence-electron chi connectivity index (χ3n) is 5.25. The second-order valence-corrected chi connectivity index (χ2v) is 9.12. The number of nitrogens with zero attached hydrogens (tertiary/aromatic N) is 4. The number of para-hydroxylation sites is 1. The summed E-state index contributed by atoms with van der Waals surface area (Å²) in [5.74, 6) is 0.210. The molecule has 7 nitrogen and oxygen atoms in total. The number of ether oxygens (including phenoxy) is 1. The number of carbonyl (C=O) groups excluding carboxylic acids is 1. The van der Waals surface area contributed by atoms with E-state index in [0.29, 0.717) is 34.1 Å². The lowest BCUT2D eigenvalue weighted by molar-refractivity contribution is -0.114. The van der Waals surface area contributed by atoms with Gasteiger partial charge in [-0.05, 0) is 54.6 Å². The molecule has 170 valence electrons. The lowest BCUT2D eigenvalue weighted by atomic mass is 10.1. The van der Waals surface area contributed by atoms with Crippen molar-refractivity contribution in [3.05, 3.63) is 94.3 Å². The van der Waals surface area contributed by atoms with E-state index >= 15 is 0 Å². The first-order valence-corrected chi connectivity index (χ1v) is 11.8. The van der Waals surface area contributed by atoms with Crippen molar-refractivity contribution in [2.75, 3.05) is 6.61 Å². The maximum Gasteiger partial charge on any atom is 0.283 e. The minimum atomic E-state index is -0.445. The van der Waals surface area contributed by atoms with Gasteiger partial charge in [-0.1, -0.05) is 47.5 Å². The van der Waals surface area contributed by atoms with Crippen LogP contribution in [-0.2, 0) is 11.3 Å². The van der Waals surface area contributed by atoms with Crippen molar-refractivity contribution in [1.82, 2.24) is 9.58 Å². The highest BCUT2D eigenvalue weighted by Gasteiger charge is 2.36. The molecule has 0 radical (unpaired) electrons. The Balaban J connectivity index is 1.29. The molecule has 0 unspecified atom stereocenters. The average Bonchev–Trinajstić information content (AvgIpc) is 3.45. The fourth-order valence-electron chi connectivity index (χ4n) is 3.56. The minimum absolute atomic E-state index is 0.0138. The van der Waals surface area contributed by atoms with Crippen LogP contribution in [0.2, 0.25) is 5.02 Å². The first kappa shape index (κ1) is 22.2. The van der Waals surface area contributed by atoms with Crippen molar-refractivity contribution in [1.29, 1.82) is 5.41 Å². The van der Waals surface area contributed by atoms with Gasteiger partial charge in [0.25, 0.3) is 5.91 Å². The smallest absolute Gasteiger partial charge is 0.283 e. The van der Waals surface area contributed by atoms with E-state index in [-0.39, 0.29) is 11.4 Å². The number of fused-ring (bicyclic) bond motifs is 1. The Morgan fingerprint density at radius 2 is 2.03 bits per heavy atom. The predicted molar refractivity (Wildman–Crippen MR) is 137 cm³/mol. The monoisotopic (exact) mass is 489 g/mol. The summed E-state index contributed by atoms with van der Waals surface area (Å²) in [7, 11) is 0. The summed E-state index contributed by atoms with van der Waals surface area (Å²) in [6.45, 7) is 3.06. The van der Waals surface area contributed by atoms with Crippen molar-refractivity contribution < 1.29 is 9.53 Å². The van der Waals surface area contributed by atoms with Gasteiger partial charge in [-0.25, -0.2) is 0 Å². The van der Waals surface area contributed by atoms with E-state index in [0.717, 1.165) is 16.7 Å². The Morgan fingerprint density at radius 1 is 1.18 bits per heavy atom. The lowest BCUT2D eigenvalue weighted by Crippen LogP contribution is -2.35. The highest BCUT2D eigenvalue weighted by atomic mass is 35.5. The topological polar surface area (TPSA) is 83.0 Å². The first-order chi connectivity index (χ1) is 16.5. The number of aryl methyl sites for hydroxylation is 1. The summed E-state index contributed by atoms with van der Waals surface area (Å²) >= 11 is 7.41. The molecule has 34 heavy (non-hydrogen) atoms. The van der Waals surface area contributed by atoms with Gasteiger partial charge in [0.05, 0.1) is 17.1 Å². The van der Waals surface area contributed by atoms with E-state index in [1.54, 1.807) is 12.1 Å². The maximum absolute atomic E-state index is 12.7. The number of halogens is 1. The molecule has 0 saturated carbocycles. The van der Waals surface area contributed by atoms with Crippen LogP contribution in [0.3, 0.4) is 0 Å². The number of carbonyl (C=O) groups is 1. The number of nitrogens with one attached hydrogen (secondary N) is 1. The second-order valence-electron chi connectivity index (χ2n) is 7.76. The van der Waals surface area contributed by atoms with Gasteiger partial charge in [-0.2, -0.15) is 15.1 Å². The van der Waals surface area contributed by atoms with E-state index in [4.69, 9.17) is 21.7 Å². The maximum atomic E-state index is 12.7. The number of hydrazone groups is 1. The molecule has 0 spiro atoms. The van der Waals surface area contributed by atoms with Gasteiger partial charge in [0.2, 0.25) is 5.17 Å². The van der Waals surface area contributed by atoms with Crippen LogP contribution in [0.15, 0.2) is 82.7 Å². The number of benzene rings is 2. The largest absolute Gasteiger partial charge is 0.490 e. The summed E-state index contributed by atoms with van der Waals surface area (Å²) in [6, 6.07) is 17.2. The summed E-state index contributed by atoms with van der Waals surface area (Å²) < 4.78 is 7.69. The highest BCUT2D eigenvalue weighted by Crippen LogP contribution is 2.31. The van der Waals surface area contributed by atoms with Gasteiger partial charge >= 0.3 is 0 Å². The molecule has 2 aliphatic heterocycles. The number of hydrogen-bond acceptors (Lipinski definition) is 5. The molecule has 9 heteroatoms. The minimum Gasteiger partial charge on any atom is -0.490 e. The number of aliphatic imine (C=N–C) groups is 1. The average molecular weight is 490 g/mol. The molecule has 0 saturated heterocycles. The molecular weight excluding hydrogens is 470 g/mol. The van der Waals surface area contributed by atoms with Gasteiger partial charge in [0.1, 0.15) is 17.4 Å². The van der Waals surface area contributed by atoms with Gasteiger partial charge < -0.3 is 9.30 Å². The fourth-order valence-corrected chi connectivity index (χ4v) is 4.64. The molecule has 1 aromatic heterocycles. The molecule has 0 aliphatic carbocycles. The van der Waals surface area contributed by atoms with Crippen molar-refractivity contribution in [3.8, 4) is 5.75 Å². The van der Waals surface area contributed by atoms with Gasteiger partial charge in [-0.15, -0.1) is 0 Å². The van der Waals surface area contributed by atoms with E-state index in [2.05, 4.69) is 10.1 Å². The molecule has 3 heterocycles. The van der Waals surface area contributed by atoms with Crippen molar-refractivity contribution in [3.63, 3.8) is 0 Å². The molecule has 2 aromatic carbocycles. The van der Waals surface area contributed by atoms with E-state index in [1.807, 2.05) is 72.4 Å². The third kappa shape index (κ3) is 4.55. The van der Waals surface area contributed by atoms with Gasteiger partial charge in [0.15, 0.2) is 5.84 Å². The van der Waals surface area contributed by atoms with Gasteiger partial charge in [0, 0.05) is 18.0 Å². The van der Waals surface area contributed by atoms with E-state index in [9.17, 15) is 4.79 Å². The predicted octanol–water partition coefficient (Wildman–Crippen LogP) is 5.20. The summed E-state index contributed by atoms with van der Waals surface area (Å²) in [4.78, 5) is 16.9. The lowest BCUT2D eigenvalue weighted by Gasteiger charge is -2.20. The number of rotatable bonds is 6. The fraction of sp³-hybridized carbons (Fsp3) is 0.120. The molecule has 3 aromatic rings. The Bertz CT molecular complexity index is 1390. The number of aromatic nitrogens is 1. The number of thioether (sulfide) groups is 1. The molecule has 0 fully saturated rings. The molecular formula is C25H20ClN5O2S. The molecule has 0 atom stereocenters. The summed E-state index contributed by atoms with van der Waals surface area (Å²) in [5.41, 5.74) is 3.04. The second kappa shape index (κ2) is 9.32. The normalized spacial score (nSPS) is 16.5. The molecule has 0 bridgehead atoms.